The van der Waals surface area contributed by atoms with Crippen LogP contribution in [0.25, 0.3) is 11.1 Å². The first-order valence-corrected chi connectivity index (χ1v) is 9.92. The maximum atomic E-state index is 12.2. The fourth-order valence-electron chi connectivity index (χ4n) is 4.45. The summed E-state index contributed by atoms with van der Waals surface area (Å²) < 4.78 is 5.61. The SMILES string of the molecule is O=C(NCC1CCCCCC1)OCC1c2ccccc2-c2ccccc21. The van der Waals surface area contributed by atoms with E-state index in [1.807, 2.05) is 0 Å². The van der Waals surface area contributed by atoms with E-state index < -0.39 is 0 Å². The number of carbonyl (C=O) groups excluding carboxylic acids is 1. The standard InChI is InChI=1S/C23H27NO2/c25-23(24-15-17-9-3-1-2-4-10-17)26-16-22-20-13-7-5-11-18(20)19-12-6-8-14-21(19)22/h5-8,11-14,17,22H,1-4,9-10,15-16H2,(H,24,25). The summed E-state index contributed by atoms with van der Waals surface area (Å²) in [5.41, 5.74) is 5.03. The van der Waals surface area contributed by atoms with E-state index in [2.05, 4.69) is 53.8 Å². The van der Waals surface area contributed by atoms with Gasteiger partial charge in [0, 0.05) is 12.5 Å². The van der Waals surface area contributed by atoms with Crippen molar-refractivity contribution in [1.29, 1.82) is 0 Å². The third-order valence-electron chi connectivity index (χ3n) is 5.85. The molecule has 1 saturated carbocycles. The Kier molecular flexibility index (Phi) is 5.24. The number of amides is 1. The van der Waals surface area contributed by atoms with Crippen molar-refractivity contribution < 1.29 is 9.53 Å². The van der Waals surface area contributed by atoms with Crippen LogP contribution in [0.15, 0.2) is 48.5 Å². The minimum Gasteiger partial charge on any atom is -0.449 e. The minimum absolute atomic E-state index is 0.131. The highest BCUT2D eigenvalue weighted by atomic mass is 16.5. The van der Waals surface area contributed by atoms with Gasteiger partial charge in [0.05, 0.1) is 0 Å². The third-order valence-corrected chi connectivity index (χ3v) is 5.85. The summed E-state index contributed by atoms with van der Waals surface area (Å²) in [5.74, 6) is 0.740. The van der Waals surface area contributed by atoms with E-state index in [0.717, 1.165) is 6.54 Å². The zero-order chi connectivity index (χ0) is 17.8. The monoisotopic (exact) mass is 349 g/mol. The number of hydrogen-bond acceptors (Lipinski definition) is 2. The first-order valence-electron chi connectivity index (χ1n) is 9.92. The molecular weight excluding hydrogens is 322 g/mol. The van der Waals surface area contributed by atoms with Crippen molar-refractivity contribution in [1.82, 2.24) is 5.32 Å². The van der Waals surface area contributed by atoms with E-state index in [1.165, 1.54) is 60.8 Å². The normalized spacial score (nSPS) is 17.2. The first kappa shape index (κ1) is 17.1. The van der Waals surface area contributed by atoms with E-state index in [-0.39, 0.29) is 12.0 Å². The molecule has 1 fully saturated rings. The molecule has 3 heteroatoms. The van der Waals surface area contributed by atoms with Crippen molar-refractivity contribution in [3.63, 3.8) is 0 Å². The molecule has 0 saturated heterocycles. The first-order chi connectivity index (χ1) is 12.8. The maximum absolute atomic E-state index is 12.2. The lowest BCUT2D eigenvalue weighted by Gasteiger charge is -2.17. The molecule has 136 valence electrons. The molecule has 26 heavy (non-hydrogen) atoms. The summed E-state index contributed by atoms with van der Waals surface area (Å²) in [6.07, 6.45) is 7.42. The van der Waals surface area contributed by atoms with Gasteiger partial charge in [-0.05, 0) is 41.0 Å². The molecule has 0 bridgehead atoms. The predicted octanol–water partition coefficient (Wildman–Crippen LogP) is 5.50. The number of rotatable bonds is 4. The zero-order valence-corrected chi connectivity index (χ0v) is 15.2. The average molecular weight is 349 g/mol. The van der Waals surface area contributed by atoms with Crippen LogP contribution in [0.2, 0.25) is 0 Å². The van der Waals surface area contributed by atoms with E-state index in [0.29, 0.717) is 12.5 Å². The molecule has 2 aromatic rings. The summed E-state index contributed by atoms with van der Waals surface area (Å²) in [5, 5.41) is 2.99. The second-order valence-electron chi connectivity index (χ2n) is 7.56. The molecule has 0 unspecified atom stereocenters. The maximum Gasteiger partial charge on any atom is 0.407 e. The molecule has 2 aromatic carbocycles. The largest absolute Gasteiger partial charge is 0.449 e. The number of nitrogens with one attached hydrogen (secondary N) is 1. The average Bonchev–Trinajstić information content (AvgIpc) is 2.82. The van der Waals surface area contributed by atoms with Gasteiger partial charge in [-0.1, -0.05) is 74.2 Å². The molecule has 0 radical (unpaired) electrons. The number of carbonyl (C=O) groups is 1. The number of ether oxygens (including phenoxy) is 1. The second kappa shape index (κ2) is 7.94. The summed E-state index contributed by atoms with van der Waals surface area (Å²) in [6.45, 7) is 1.14. The van der Waals surface area contributed by atoms with Crippen LogP contribution in [0.5, 0.6) is 0 Å². The van der Waals surface area contributed by atoms with Gasteiger partial charge in [0.2, 0.25) is 0 Å². The van der Waals surface area contributed by atoms with E-state index >= 15 is 0 Å². The van der Waals surface area contributed by atoms with Crippen molar-refractivity contribution in [3.05, 3.63) is 59.7 Å². The molecule has 2 aliphatic rings. The van der Waals surface area contributed by atoms with Gasteiger partial charge in [-0.2, -0.15) is 0 Å². The molecular formula is C23H27NO2. The van der Waals surface area contributed by atoms with E-state index in [1.54, 1.807) is 0 Å². The van der Waals surface area contributed by atoms with Gasteiger partial charge >= 0.3 is 6.09 Å². The van der Waals surface area contributed by atoms with Gasteiger partial charge in [-0.3, -0.25) is 0 Å². The van der Waals surface area contributed by atoms with Crippen LogP contribution < -0.4 is 5.32 Å². The molecule has 0 aromatic heterocycles. The van der Waals surface area contributed by atoms with Crippen LogP contribution in [0.1, 0.15) is 55.6 Å². The quantitative estimate of drug-likeness (QED) is 0.741. The molecule has 0 aliphatic heterocycles. The Labute approximate surface area is 155 Å². The van der Waals surface area contributed by atoms with Crippen molar-refractivity contribution in [2.75, 3.05) is 13.2 Å². The van der Waals surface area contributed by atoms with Gasteiger partial charge < -0.3 is 10.1 Å². The van der Waals surface area contributed by atoms with Gasteiger partial charge in [0.1, 0.15) is 6.61 Å². The summed E-state index contributed by atoms with van der Waals surface area (Å²) >= 11 is 0. The molecule has 0 spiro atoms. The molecule has 2 aliphatic carbocycles. The number of fused-ring (bicyclic) bond motifs is 3. The zero-order valence-electron chi connectivity index (χ0n) is 15.2. The number of benzene rings is 2. The van der Waals surface area contributed by atoms with Crippen LogP contribution in [0.3, 0.4) is 0 Å². The van der Waals surface area contributed by atoms with Gasteiger partial charge in [0.15, 0.2) is 0 Å². The molecule has 4 rings (SSSR count). The summed E-state index contributed by atoms with van der Waals surface area (Å²) in [7, 11) is 0. The predicted molar refractivity (Wildman–Crippen MR) is 104 cm³/mol. The van der Waals surface area contributed by atoms with E-state index in [4.69, 9.17) is 4.74 Å². The number of alkyl carbamates (subject to hydrolysis) is 1. The Balaban J connectivity index is 1.36. The van der Waals surface area contributed by atoms with Crippen LogP contribution in [0, 0.1) is 5.92 Å². The topological polar surface area (TPSA) is 38.3 Å². The highest BCUT2D eigenvalue weighted by Gasteiger charge is 2.29. The Morgan fingerprint density at radius 3 is 2.08 bits per heavy atom. The molecule has 1 N–H and O–H groups in total. The van der Waals surface area contributed by atoms with Gasteiger partial charge in [0.25, 0.3) is 0 Å². The van der Waals surface area contributed by atoms with Crippen molar-refractivity contribution in [3.8, 4) is 11.1 Å². The fourth-order valence-corrected chi connectivity index (χ4v) is 4.45. The van der Waals surface area contributed by atoms with E-state index in [9.17, 15) is 4.79 Å². The van der Waals surface area contributed by atoms with Gasteiger partial charge in [-0.15, -0.1) is 0 Å². The van der Waals surface area contributed by atoms with Crippen molar-refractivity contribution in [2.24, 2.45) is 5.92 Å². The van der Waals surface area contributed by atoms with Crippen LogP contribution in [-0.4, -0.2) is 19.2 Å². The number of hydrogen-bond donors (Lipinski definition) is 1. The Morgan fingerprint density at radius 1 is 0.885 bits per heavy atom. The van der Waals surface area contributed by atoms with Crippen LogP contribution in [0.4, 0.5) is 4.79 Å². The Morgan fingerprint density at radius 2 is 1.46 bits per heavy atom. The van der Waals surface area contributed by atoms with Crippen molar-refractivity contribution in [2.45, 2.75) is 44.4 Å². The summed E-state index contributed by atoms with van der Waals surface area (Å²) in [4.78, 5) is 12.2. The lowest BCUT2D eigenvalue weighted by molar-refractivity contribution is 0.141. The molecule has 1 amide bonds. The third kappa shape index (κ3) is 3.62. The molecule has 0 atom stereocenters. The Bertz CT molecular complexity index is 717. The summed E-state index contributed by atoms with van der Waals surface area (Å²) in [6, 6.07) is 16.9. The molecule has 3 nitrogen and oxygen atoms in total. The second-order valence-corrected chi connectivity index (χ2v) is 7.56. The lowest BCUT2D eigenvalue weighted by Crippen LogP contribution is -2.30. The smallest absolute Gasteiger partial charge is 0.407 e. The van der Waals surface area contributed by atoms with Crippen LogP contribution in [-0.2, 0) is 4.74 Å². The van der Waals surface area contributed by atoms with Crippen LogP contribution >= 0.6 is 0 Å². The Hall–Kier alpha value is -2.29. The molecule has 0 heterocycles. The lowest BCUT2D eigenvalue weighted by atomic mass is 9.98. The highest BCUT2D eigenvalue weighted by molar-refractivity contribution is 5.79. The van der Waals surface area contributed by atoms with Crippen molar-refractivity contribution >= 4 is 6.09 Å². The highest BCUT2D eigenvalue weighted by Crippen LogP contribution is 2.44. The minimum atomic E-state index is -0.281. The van der Waals surface area contributed by atoms with Gasteiger partial charge in [-0.25, -0.2) is 4.79 Å². The fraction of sp³-hybridized carbons (Fsp3) is 0.435.